The number of nitrogens with zero attached hydrogens (tertiary/aromatic N) is 1. The average Bonchev–Trinajstić information content (AvgIpc) is 2.37. The van der Waals surface area contributed by atoms with Crippen LogP contribution in [0.4, 0.5) is 0 Å². The standard InChI is InChI=1S/C15H28N2O/c1-15(11-16-12-15)18-10-9-17-8-4-6-13-5-2-3-7-14(13)17/h13-14,16H,2-12H2,1H3/t13-,14-/m1/s1. The molecule has 1 aliphatic carbocycles. The number of ether oxygens (including phenoxy) is 1. The van der Waals surface area contributed by atoms with E-state index in [4.69, 9.17) is 4.74 Å². The van der Waals surface area contributed by atoms with Crippen molar-refractivity contribution >= 4 is 0 Å². The molecule has 2 heterocycles. The highest BCUT2D eigenvalue weighted by atomic mass is 16.5. The Labute approximate surface area is 111 Å². The van der Waals surface area contributed by atoms with E-state index in [-0.39, 0.29) is 5.60 Å². The van der Waals surface area contributed by atoms with Gasteiger partial charge in [-0.3, -0.25) is 4.90 Å². The van der Waals surface area contributed by atoms with Gasteiger partial charge in [0.15, 0.2) is 0 Å². The summed E-state index contributed by atoms with van der Waals surface area (Å²) in [6.45, 7) is 7.65. The molecule has 0 aromatic carbocycles. The van der Waals surface area contributed by atoms with Gasteiger partial charge in [0.25, 0.3) is 0 Å². The summed E-state index contributed by atoms with van der Waals surface area (Å²) in [6.07, 6.45) is 8.70. The van der Waals surface area contributed by atoms with Crippen molar-refractivity contribution in [3.63, 3.8) is 0 Å². The molecule has 3 aliphatic rings. The maximum atomic E-state index is 6.04. The van der Waals surface area contributed by atoms with Gasteiger partial charge in [-0.15, -0.1) is 0 Å². The SMILES string of the molecule is CC1(OCCN2CCC[C@H]3CCCC[C@H]32)CNC1. The van der Waals surface area contributed by atoms with Gasteiger partial charge in [0, 0.05) is 25.7 Å². The number of nitrogens with one attached hydrogen (secondary N) is 1. The van der Waals surface area contributed by atoms with Gasteiger partial charge in [-0.25, -0.2) is 0 Å². The second kappa shape index (κ2) is 5.48. The van der Waals surface area contributed by atoms with Gasteiger partial charge in [-0.1, -0.05) is 12.8 Å². The van der Waals surface area contributed by atoms with Gasteiger partial charge in [-0.2, -0.15) is 0 Å². The van der Waals surface area contributed by atoms with E-state index in [1.54, 1.807) is 0 Å². The van der Waals surface area contributed by atoms with Gasteiger partial charge in [0.05, 0.1) is 12.2 Å². The fourth-order valence-electron chi connectivity index (χ4n) is 3.99. The summed E-state index contributed by atoms with van der Waals surface area (Å²) in [4.78, 5) is 2.72. The van der Waals surface area contributed by atoms with Crippen LogP contribution in [0.25, 0.3) is 0 Å². The van der Waals surface area contributed by atoms with E-state index in [2.05, 4.69) is 17.1 Å². The van der Waals surface area contributed by atoms with E-state index >= 15 is 0 Å². The third kappa shape index (κ3) is 2.73. The predicted octanol–water partition coefficient (Wildman–Crippen LogP) is 2.02. The monoisotopic (exact) mass is 252 g/mol. The first-order chi connectivity index (χ1) is 8.77. The molecule has 0 aromatic heterocycles. The Kier molecular flexibility index (Phi) is 3.92. The molecule has 0 spiro atoms. The molecule has 0 aromatic rings. The zero-order valence-corrected chi connectivity index (χ0v) is 11.8. The number of rotatable bonds is 4. The lowest BCUT2D eigenvalue weighted by Crippen LogP contribution is -2.59. The molecule has 1 N–H and O–H groups in total. The largest absolute Gasteiger partial charge is 0.371 e. The molecule has 2 atom stereocenters. The van der Waals surface area contributed by atoms with Crippen molar-refractivity contribution in [2.45, 2.75) is 57.1 Å². The first-order valence-corrected chi connectivity index (χ1v) is 7.86. The average molecular weight is 252 g/mol. The summed E-state index contributed by atoms with van der Waals surface area (Å²) in [5.41, 5.74) is 0.127. The van der Waals surface area contributed by atoms with Crippen LogP contribution in [0.5, 0.6) is 0 Å². The number of fused-ring (bicyclic) bond motifs is 1. The zero-order chi connectivity index (χ0) is 12.4. The van der Waals surface area contributed by atoms with Crippen LogP contribution in [0.1, 0.15) is 45.4 Å². The van der Waals surface area contributed by atoms with Crippen molar-refractivity contribution in [2.75, 3.05) is 32.8 Å². The van der Waals surface area contributed by atoms with Gasteiger partial charge < -0.3 is 10.1 Å². The summed E-state index contributed by atoms with van der Waals surface area (Å²) in [5.74, 6) is 0.994. The Morgan fingerprint density at radius 2 is 1.94 bits per heavy atom. The van der Waals surface area contributed by atoms with Crippen LogP contribution in [0, 0.1) is 5.92 Å². The van der Waals surface area contributed by atoms with Crippen molar-refractivity contribution in [3.8, 4) is 0 Å². The van der Waals surface area contributed by atoms with E-state index < -0.39 is 0 Å². The second-order valence-corrected chi connectivity index (χ2v) is 6.69. The molecule has 1 saturated carbocycles. The molecule has 0 unspecified atom stereocenters. The molecule has 18 heavy (non-hydrogen) atoms. The number of likely N-dealkylation sites (tertiary alicyclic amines) is 1. The molecule has 3 fully saturated rings. The number of hydrogen-bond donors (Lipinski definition) is 1. The van der Waals surface area contributed by atoms with Crippen molar-refractivity contribution in [2.24, 2.45) is 5.92 Å². The van der Waals surface area contributed by atoms with E-state index in [0.29, 0.717) is 0 Å². The van der Waals surface area contributed by atoms with Gasteiger partial charge >= 0.3 is 0 Å². The number of hydrogen-bond acceptors (Lipinski definition) is 3. The van der Waals surface area contributed by atoms with Crippen LogP contribution in [0.2, 0.25) is 0 Å². The quantitative estimate of drug-likeness (QED) is 0.828. The Morgan fingerprint density at radius 1 is 1.17 bits per heavy atom. The fourth-order valence-corrected chi connectivity index (χ4v) is 3.99. The minimum Gasteiger partial charge on any atom is -0.371 e. The molecular formula is C15H28N2O. The minimum absolute atomic E-state index is 0.127. The van der Waals surface area contributed by atoms with Crippen LogP contribution in [-0.2, 0) is 4.74 Å². The Bertz CT molecular complexity index is 276. The van der Waals surface area contributed by atoms with Gasteiger partial charge in [-0.05, 0) is 45.1 Å². The van der Waals surface area contributed by atoms with Gasteiger partial charge in [0.2, 0.25) is 0 Å². The number of piperidine rings is 1. The molecule has 3 heteroatoms. The van der Waals surface area contributed by atoms with Crippen LogP contribution in [0.3, 0.4) is 0 Å². The third-order valence-corrected chi connectivity index (χ3v) is 5.19. The normalized spacial score (nSPS) is 35.8. The van der Waals surface area contributed by atoms with Crippen LogP contribution >= 0.6 is 0 Å². The van der Waals surface area contributed by atoms with Crippen LogP contribution in [0.15, 0.2) is 0 Å². The van der Waals surface area contributed by atoms with E-state index in [0.717, 1.165) is 38.2 Å². The molecule has 0 radical (unpaired) electrons. The van der Waals surface area contributed by atoms with E-state index in [1.165, 1.54) is 45.1 Å². The van der Waals surface area contributed by atoms with Crippen molar-refractivity contribution in [1.29, 1.82) is 0 Å². The highest BCUT2D eigenvalue weighted by molar-refractivity contribution is 4.91. The summed E-state index contributed by atoms with van der Waals surface area (Å²) in [7, 11) is 0. The third-order valence-electron chi connectivity index (χ3n) is 5.19. The Morgan fingerprint density at radius 3 is 2.72 bits per heavy atom. The molecule has 0 bridgehead atoms. The summed E-state index contributed by atoms with van der Waals surface area (Å²) >= 11 is 0. The van der Waals surface area contributed by atoms with E-state index in [9.17, 15) is 0 Å². The first-order valence-electron chi connectivity index (χ1n) is 7.86. The molecule has 3 rings (SSSR count). The minimum atomic E-state index is 0.127. The summed E-state index contributed by atoms with van der Waals surface area (Å²) in [6, 6.07) is 0.878. The van der Waals surface area contributed by atoms with Crippen LogP contribution in [-0.4, -0.2) is 49.3 Å². The molecule has 104 valence electrons. The molecular weight excluding hydrogens is 224 g/mol. The van der Waals surface area contributed by atoms with Crippen molar-refractivity contribution in [3.05, 3.63) is 0 Å². The predicted molar refractivity (Wildman–Crippen MR) is 73.8 cm³/mol. The lowest BCUT2D eigenvalue weighted by molar-refractivity contribution is -0.0797. The second-order valence-electron chi connectivity index (χ2n) is 6.69. The molecule has 3 nitrogen and oxygen atoms in total. The highest BCUT2D eigenvalue weighted by Gasteiger charge is 2.35. The zero-order valence-electron chi connectivity index (χ0n) is 11.8. The summed E-state index contributed by atoms with van der Waals surface area (Å²) < 4.78 is 6.04. The van der Waals surface area contributed by atoms with Crippen molar-refractivity contribution in [1.82, 2.24) is 10.2 Å². The highest BCUT2D eigenvalue weighted by Crippen LogP contribution is 2.35. The topological polar surface area (TPSA) is 24.5 Å². The van der Waals surface area contributed by atoms with Crippen molar-refractivity contribution < 1.29 is 4.74 Å². The Hall–Kier alpha value is -0.120. The maximum Gasteiger partial charge on any atom is 0.0902 e. The smallest absolute Gasteiger partial charge is 0.0902 e. The molecule has 2 aliphatic heterocycles. The lowest BCUT2D eigenvalue weighted by Gasteiger charge is -2.45. The first kappa shape index (κ1) is 12.9. The molecule has 0 amide bonds. The fraction of sp³-hybridized carbons (Fsp3) is 1.00. The van der Waals surface area contributed by atoms with E-state index in [1.807, 2.05) is 0 Å². The lowest BCUT2D eigenvalue weighted by atomic mass is 9.78. The molecule has 2 saturated heterocycles. The maximum absolute atomic E-state index is 6.04. The Balaban J connectivity index is 1.45. The van der Waals surface area contributed by atoms with Crippen LogP contribution < -0.4 is 5.32 Å². The van der Waals surface area contributed by atoms with Gasteiger partial charge in [0.1, 0.15) is 0 Å². The summed E-state index contributed by atoms with van der Waals surface area (Å²) in [5, 5.41) is 3.30.